The number of unbranched alkanes of at least 4 members (excludes halogenated alkanes) is 1. The molecule has 0 aromatic heterocycles. The SMILES string of the molecule is CC=CC(=O)OCCCCC(C)=O. The van der Waals surface area contributed by atoms with E-state index in [1.54, 1.807) is 19.9 Å². The zero-order valence-electron chi connectivity index (χ0n) is 8.21. The van der Waals surface area contributed by atoms with Crippen molar-refractivity contribution in [3.63, 3.8) is 0 Å². The number of hydrogen-bond acceptors (Lipinski definition) is 3. The number of ketones is 1. The highest BCUT2D eigenvalue weighted by Gasteiger charge is 1.96. The van der Waals surface area contributed by atoms with Gasteiger partial charge in [0.15, 0.2) is 0 Å². The fourth-order valence-electron chi connectivity index (χ4n) is 0.833. The summed E-state index contributed by atoms with van der Waals surface area (Å²) in [5, 5.41) is 0. The molecule has 0 N–H and O–H groups in total. The largest absolute Gasteiger partial charge is 0.463 e. The molecule has 0 aromatic carbocycles. The summed E-state index contributed by atoms with van der Waals surface area (Å²) in [4.78, 5) is 21.3. The van der Waals surface area contributed by atoms with Gasteiger partial charge in [-0.25, -0.2) is 4.79 Å². The average Bonchev–Trinajstić information content (AvgIpc) is 2.03. The molecule has 0 heterocycles. The molecule has 0 radical (unpaired) electrons. The van der Waals surface area contributed by atoms with Gasteiger partial charge >= 0.3 is 5.97 Å². The smallest absolute Gasteiger partial charge is 0.330 e. The average molecular weight is 184 g/mol. The summed E-state index contributed by atoms with van der Waals surface area (Å²) in [6.45, 7) is 3.72. The maximum Gasteiger partial charge on any atom is 0.330 e. The van der Waals surface area contributed by atoms with Gasteiger partial charge in [0, 0.05) is 12.5 Å². The number of Topliss-reactive ketones (excluding diaryl/α,β-unsaturated/α-hetero) is 1. The Morgan fingerprint density at radius 1 is 1.31 bits per heavy atom. The topological polar surface area (TPSA) is 43.4 Å². The molecule has 0 saturated heterocycles. The van der Waals surface area contributed by atoms with Crippen LogP contribution in [0.3, 0.4) is 0 Å². The van der Waals surface area contributed by atoms with Crippen molar-refractivity contribution in [3.8, 4) is 0 Å². The highest BCUT2D eigenvalue weighted by Crippen LogP contribution is 1.97. The van der Waals surface area contributed by atoms with Crippen molar-refractivity contribution >= 4 is 11.8 Å². The van der Waals surface area contributed by atoms with Gasteiger partial charge in [-0.05, 0) is 26.7 Å². The van der Waals surface area contributed by atoms with Crippen LogP contribution in [-0.4, -0.2) is 18.4 Å². The quantitative estimate of drug-likeness (QED) is 0.359. The minimum atomic E-state index is -0.315. The molecule has 0 spiro atoms. The van der Waals surface area contributed by atoms with Gasteiger partial charge in [0.05, 0.1) is 6.61 Å². The van der Waals surface area contributed by atoms with Crippen LogP contribution in [0.4, 0.5) is 0 Å². The Bertz CT molecular complexity index is 194. The summed E-state index contributed by atoms with van der Waals surface area (Å²) < 4.78 is 4.83. The third kappa shape index (κ3) is 8.79. The first kappa shape index (κ1) is 11.9. The summed E-state index contributed by atoms with van der Waals surface area (Å²) in [6, 6.07) is 0. The monoisotopic (exact) mass is 184 g/mol. The standard InChI is InChI=1S/C10H16O3/c1-3-6-10(12)13-8-5-4-7-9(2)11/h3,6H,4-5,7-8H2,1-2H3. The Kier molecular flexibility index (Phi) is 6.88. The Labute approximate surface area is 78.8 Å². The fraction of sp³-hybridized carbons (Fsp3) is 0.600. The Morgan fingerprint density at radius 3 is 2.54 bits per heavy atom. The van der Waals surface area contributed by atoms with Gasteiger partial charge in [-0.3, -0.25) is 0 Å². The molecule has 0 amide bonds. The van der Waals surface area contributed by atoms with Crippen molar-refractivity contribution in [1.82, 2.24) is 0 Å². The first-order chi connectivity index (χ1) is 6.16. The van der Waals surface area contributed by atoms with E-state index in [9.17, 15) is 9.59 Å². The lowest BCUT2D eigenvalue weighted by Crippen LogP contribution is -2.02. The third-order valence-corrected chi connectivity index (χ3v) is 1.47. The number of hydrogen-bond donors (Lipinski definition) is 0. The second kappa shape index (κ2) is 7.53. The normalized spacial score (nSPS) is 10.3. The summed E-state index contributed by atoms with van der Waals surface area (Å²) >= 11 is 0. The van der Waals surface area contributed by atoms with Crippen LogP contribution >= 0.6 is 0 Å². The van der Waals surface area contributed by atoms with Crippen LogP contribution in [0.25, 0.3) is 0 Å². The molecule has 0 fully saturated rings. The maximum atomic E-state index is 10.8. The van der Waals surface area contributed by atoms with E-state index in [0.717, 1.165) is 12.8 Å². The minimum absolute atomic E-state index is 0.180. The second-order valence-corrected chi connectivity index (χ2v) is 2.83. The van der Waals surface area contributed by atoms with Crippen LogP contribution in [0, 0.1) is 0 Å². The lowest BCUT2D eigenvalue weighted by Gasteiger charge is -2.00. The predicted molar refractivity (Wildman–Crippen MR) is 50.3 cm³/mol. The van der Waals surface area contributed by atoms with Crippen LogP contribution in [0.1, 0.15) is 33.1 Å². The summed E-state index contributed by atoms with van der Waals surface area (Å²) in [5.74, 6) is -0.134. The van der Waals surface area contributed by atoms with Crippen LogP contribution in [0.2, 0.25) is 0 Å². The molecular formula is C10H16O3. The van der Waals surface area contributed by atoms with Crippen molar-refractivity contribution in [2.24, 2.45) is 0 Å². The fourth-order valence-corrected chi connectivity index (χ4v) is 0.833. The van der Waals surface area contributed by atoms with Crippen LogP contribution < -0.4 is 0 Å². The molecule has 0 aliphatic heterocycles. The number of allylic oxidation sites excluding steroid dienone is 1. The molecule has 0 aliphatic carbocycles. The zero-order valence-corrected chi connectivity index (χ0v) is 8.21. The highest BCUT2D eigenvalue weighted by atomic mass is 16.5. The van der Waals surface area contributed by atoms with E-state index in [-0.39, 0.29) is 11.8 Å². The predicted octanol–water partition coefficient (Wildman–Crippen LogP) is 1.86. The van der Waals surface area contributed by atoms with E-state index >= 15 is 0 Å². The van der Waals surface area contributed by atoms with E-state index < -0.39 is 0 Å². The second-order valence-electron chi connectivity index (χ2n) is 2.83. The number of esters is 1. The van der Waals surface area contributed by atoms with E-state index in [4.69, 9.17) is 4.74 Å². The molecule has 74 valence electrons. The molecule has 0 unspecified atom stereocenters. The summed E-state index contributed by atoms with van der Waals surface area (Å²) in [6.07, 6.45) is 5.13. The summed E-state index contributed by atoms with van der Waals surface area (Å²) in [5.41, 5.74) is 0. The van der Waals surface area contributed by atoms with Crippen molar-refractivity contribution in [2.45, 2.75) is 33.1 Å². The number of ether oxygens (including phenoxy) is 1. The molecule has 0 atom stereocenters. The molecule has 0 aromatic rings. The molecule has 3 nitrogen and oxygen atoms in total. The first-order valence-corrected chi connectivity index (χ1v) is 4.45. The van der Waals surface area contributed by atoms with Crippen LogP contribution in [0.5, 0.6) is 0 Å². The Balaban J connectivity index is 3.25. The van der Waals surface area contributed by atoms with E-state index in [2.05, 4.69) is 0 Å². The lowest BCUT2D eigenvalue weighted by molar-refractivity contribution is -0.137. The van der Waals surface area contributed by atoms with Crippen molar-refractivity contribution in [3.05, 3.63) is 12.2 Å². The molecular weight excluding hydrogens is 168 g/mol. The van der Waals surface area contributed by atoms with Crippen LogP contribution in [-0.2, 0) is 14.3 Å². The molecule has 0 saturated carbocycles. The summed E-state index contributed by atoms with van der Waals surface area (Å²) in [7, 11) is 0. The van der Waals surface area contributed by atoms with Gasteiger partial charge in [-0.2, -0.15) is 0 Å². The first-order valence-electron chi connectivity index (χ1n) is 4.45. The van der Waals surface area contributed by atoms with Crippen molar-refractivity contribution in [2.75, 3.05) is 6.61 Å². The molecule has 13 heavy (non-hydrogen) atoms. The highest BCUT2D eigenvalue weighted by molar-refractivity contribution is 5.81. The van der Waals surface area contributed by atoms with E-state index in [1.807, 2.05) is 0 Å². The van der Waals surface area contributed by atoms with Crippen LogP contribution in [0.15, 0.2) is 12.2 Å². The van der Waals surface area contributed by atoms with E-state index in [0.29, 0.717) is 13.0 Å². The number of carbonyl (C=O) groups is 2. The Morgan fingerprint density at radius 2 is 2.00 bits per heavy atom. The van der Waals surface area contributed by atoms with Gasteiger partial charge in [-0.15, -0.1) is 0 Å². The van der Waals surface area contributed by atoms with Gasteiger partial charge in [0.2, 0.25) is 0 Å². The molecule has 3 heteroatoms. The minimum Gasteiger partial charge on any atom is -0.463 e. The number of carbonyl (C=O) groups excluding carboxylic acids is 2. The van der Waals surface area contributed by atoms with Gasteiger partial charge in [0.1, 0.15) is 5.78 Å². The lowest BCUT2D eigenvalue weighted by atomic mass is 10.2. The van der Waals surface area contributed by atoms with E-state index in [1.165, 1.54) is 6.08 Å². The molecule has 0 rings (SSSR count). The van der Waals surface area contributed by atoms with Crippen molar-refractivity contribution < 1.29 is 14.3 Å². The zero-order chi connectivity index (χ0) is 10.1. The van der Waals surface area contributed by atoms with Gasteiger partial charge in [-0.1, -0.05) is 6.08 Å². The van der Waals surface area contributed by atoms with Gasteiger partial charge in [0.25, 0.3) is 0 Å². The van der Waals surface area contributed by atoms with Gasteiger partial charge < -0.3 is 9.53 Å². The van der Waals surface area contributed by atoms with Crippen molar-refractivity contribution in [1.29, 1.82) is 0 Å². The molecule has 0 bridgehead atoms. The number of rotatable bonds is 6. The third-order valence-electron chi connectivity index (χ3n) is 1.47. The Hall–Kier alpha value is -1.12. The maximum absolute atomic E-state index is 10.8. The molecule has 0 aliphatic rings.